The van der Waals surface area contributed by atoms with Gasteiger partial charge >= 0.3 is 0 Å². The quantitative estimate of drug-likeness (QED) is 0.601. The number of quaternary nitrogens is 1. The van der Waals surface area contributed by atoms with Gasteiger partial charge in [0.15, 0.2) is 0 Å². The van der Waals surface area contributed by atoms with Gasteiger partial charge in [-0.2, -0.15) is 0 Å². The van der Waals surface area contributed by atoms with E-state index in [4.69, 9.17) is 9.47 Å². The first kappa shape index (κ1) is 11.9. The average molecular weight is 203 g/mol. The molecule has 14 heavy (non-hydrogen) atoms. The fourth-order valence-electron chi connectivity index (χ4n) is 2.00. The van der Waals surface area contributed by atoms with Crippen LogP contribution in [0.25, 0.3) is 0 Å². The molecule has 1 N–H and O–H groups in total. The Bertz CT molecular complexity index is 137. The van der Waals surface area contributed by atoms with Gasteiger partial charge < -0.3 is 19.3 Å². The highest BCUT2D eigenvalue weighted by Crippen LogP contribution is 2.08. The van der Waals surface area contributed by atoms with Crippen LogP contribution in [0.1, 0.15) is 0 Å². The van der Waals surface area contributed by atoms with Crippen molar-refractivity contribution in [3.8, 4) is 0 Å². The summed E-state index contributed by atoms with van der Waals surface area (Å²) in [5.74, 6) is 0. The smallest absolute Gasteiger partial charge is 0.103 e. The first-order chi connectivity index (χ1) is 6.83. The molecule has 0 aromatic rings. The van der Waals surface area contributed by atoms with Crippen LogP contribution >= 0.6 is 0 Å². The minimum atomic E-state index is 0.851. The molecule has 1 heterocycles. The van der Waals surface area contributed by atoms with Gasteiger partial charge in [-0.15, -0.1) is 0 Å². The molecule has 4 heteroatoms. The van der Waals surface area contributed by atoms with E-state index < -0.39 is 0 Å². The summed E-state index contributed by atoms with van der Waals surface area (Å²) < 4.78 is 11.5. The first-order valence-electron chi connectivity index (χ1n) is 5.37. The number of rotatable bonds is 6. The number of methoxy groups -OCH3 is 2. The van der Waals surface area contributed by atoms with Crippen molar-refractivity contribution in [2.24, 2.45) is 0 Å². The second-order valence-electron chi connectivity index (χ2n) is 3.97. The number of nitrogens with one attached hydrogen (secondary N) is 1. The third-order valence-electron chi connectivity index (χ3n) is 3.07. The third kappa shape index (κ3) is 3.53. The Hall–Kier alpha value is -0.160. The maximum Gasteiger partial charge on any atom is 0.103 e. The van der Waals surface area contributed by atoms with Crippen molar-refractivity contribution in [1.82, 2.24) is 5.32 Å². The van der Waals surface area contributed by atoms with E-state index in [-0.39, 0.29) is 0 Å². The Morgan fingerprint density at radius 3 is 1.93 bits per heavy atom. The molecule has 1 saturated heterocycles. The van der Waals surface area contributed by atoms with Gasteiger partial charge in [0.1, 0.15) is 13.1 Å². The van der Waals surface area contributed by atoms with Crippen LogP contribution in [0.3, 0.4) is 0 Å². The van der Waals surface area contributed by atoms with Crippen LogP contribution in [-0.4, -0.2) is 71.2 Å². The maximum atomic E-state index is 5.17. The zero-order valence-corrected chi connectivity index (χ0v) is 9.42. The highest BCUT2D eigenvalue weighted by molar-refractivity contribution is 4.57. The van der Waals surface area contributed by atoms with E-state index in [2.05, 4.69) is 5.32 Å². The summed E-state index contributed by atoms with van der Waals surface area (Å²) in [5.41, 5.74) is 0. The number of hydrogen-bond donors (Lipinski definition) is 1. The van der Waals surface area contributed by atoms with Crippen LogP contribution in [0.5, 0.6) is 0 Å². The van der Waals surface area contributed by atoms with Crippen molar-refractivity contribution in [2.75, 3.05) is 66.7 Å². The van der Waals surface area contributed by atoms with Crippen molar-refractivity contribution in [2.45, 2.75) is 0 Å². The Morgan fingerprint density at radius 2 is 1.50 bits per heavy atom. The molecule has 0 bridgehead atoms. The third-order valence-corrected chi connectivity index (χ3v) is 3.07. The molecule has 1 aliphatic rings. The topological polar surface area (TPSA) is 30.5 Å². The molecular weight excluding hydrogens is 180 g/mol. The molecule has 0 radical (unpaired) electrons. The monoisotopic (exact) mass is 203 g/mol. The molecule has 84 valence electrons. The lowest BCUT2D eigenvalue weighted by molar-refractivity contribution is -0.930. The molecule has 4 nitrogen and oxygen atoms in total. The summed E-state index contributed by atoms with van der Waals surface area (Å²) in [6, 6.07) is 0. The van der Waals surface area contributed by atoms with Gasteiger partial charge in [0.25, 0.3) is 0 Å². The Balaban J connectivity index is 2.39. The van der Waals surface area contributed by atoms with Crippen molar-refractivity contribution in [3.05, 3.63) is 0 Å². The zero-order valence-electron chi connectivity index (χ0n) is 9.42. The standard InChI is InChI=1S/C10H23N2O2/c1-13-9-7-12(8-10-14-2)5-3-11-4-6-12/h11H,3-10H2,1-2H3/q+1. The van der Waals surface area contributed by atoms with Crippen LogP contribution in [0.15, 0.2) is 0 Å². The zero-order chi connectivity index (χ0) is 10.3. The highest BCUT2D eigenvalue weighted by atomic mass is 16.5. The van der Waals surface area contributed by atoms with Crippen LogP contribution < -0.4 is 5.32 Å². The van der Waals surface area contributed by atoms with Crippen LogP contribution in [0, 0.1) is 0 Å². The highest BCUT2D eigenvalue weighted by Gasteiger charge is 2.28. The predicted molar refractivity (Wildman–Crippen MR) is 56.4 cm³/mol. The minimum Gasteiger partial charge on any atom is -0.379 e. The van der Waals surface area contributed by atoms with Crippen molar-refractivity contribution in [3.63, 3.8) is 0 Å². The van der Waals surface area contributed by atoms with Crippen molar-refractivity contribution in [1.29, 1.82) is 0 Å². The molecule has 0 aliphatic carbocycles. The molecular formula is C10H23N2O2+. The molecule has 0 aromatic heterocycles. The van der Waals surface area contributed by atoms with E-state index in [0.29, 0.717) is 0 Å². The van der Waals surface area contributed by atoms with Gasteiger partial charge in [0.05, 0.1) is 26.3 Å². The first-order valence-corrected chi connectivity index (χ1v) is 5.37. The molecule has 1 rings (SSSR count). The number of hydrogen-bond acceptors (Lipinski definition) is 3. The van der Waals surface area contributed by atoms with E-state index in [9.17, 15) is 0 Å². The van der Waals surface area contributed by atoms with Gasteiger partial charge in [-0.3, -0.25) is 0 Å². The van der Waals surface area contributed by atoms with Crippen molar-refractivity contribution < 1.29 is 14.0 Å². The van der Waals surface area contributed by atoms with Gasteiger partial charge in [0, 0.05) is 27.3 Å². The summed E-state index contributed by atoms with van der Waals surface area (Å²) >= 11 is 0. The SMILES string of the molecule is COCC[N+]1(CCOC)CCNCC1. The molecule has 0 atom stereocenters. The largest absolute Gasteiger partial charge is 0.379 e. The van der Waals surface area contributed by atoms with Crippen LogP contribution in [0.4, 0.5) is 0 Å². The van der Waals surface area contributed by atoms with Gasteiger partial charge in [-0.05, 0) is 0 Å². The lowest BCUT2D eigenvalue weighted by Crippen LogP contribution is -2.60. The second-order valence-corrected chi connectivity index (χ2v) is 3.97. The van der Waals surface area contributed by atoms with Crippen LogP contribution in [0.2, 0.25) is 0 Å². The lowest BCUT2D eigenvalue weighted by Gasteiger charge is -2.41. The number of ether oxygens (including phenoxy) is 2. The number of piperazine rings is 1. The minimum absolute atomic E-state index is 0.851. The molecule has 0 unspecified atom stereocenters. The Labute approximate surface area is 86.8 Å². The number of nitrogens with zero attached hydrogens (tertiary/aromatic N) is 1. The summed E-state index contributed by atoms with van der Waals surface area (Å²) in [6.07, 6.45) is 0. The van der Waals surface area contributed by atoms with E-state index in [0.717, 1.165) is 43.9 Å². The molecule has 1 fully saturated rings. The van der Waals surface area contributed by atoms with Gasteiger partial charge in [-0.25, -0.2) is 0 Å². The van der Waals surface area contributed by atoms with E-state index >= 15 is 0 Å². The fourth-order valence-corrected chi connectivity index (χ4v) is 2.00. The van der Waals surface area contributed by atoms with Crippen molar-refractivity contribution >= 4 is 0 Å². The molecule has 0 spiro atoms. The second kappa shape index (κ2) is 6.35. The lowest BCUT2D eigenvalue weighted by atomic mass is 10.2. The molecule has 1 aliphatic heterocycles. The van der Waals surface area contributed by atoms with Gasteiger partial charge in [0.2, 0.25) is 0 Å². The van der Waals surface area contributed by atoms with E-state index in [1.54, 1.807) is 14.2 Å². The summed E-state index contributed by atoms with van der Waals surface area (Å²) in [7, 11) is 3.55. The molecule has 0 saturated carbocycles. The Kier molecular flexibility index (Phi) is 5.40. The fraction of sp³-hybridized carbons (Fsp3) is 1.00. The maximum absolute atomic E-state index is 5.17. The summed E-state index contributed by atoms with van der Waals surface area (Å²) in [5, 5.41) is 3.40. The molecule has 0 aromatic carbocycles. The summed E-state index contributed by atoms with van der Waals surface area (Å²) in [4.78, 5) is 0. The molecule has 0 amide bonds. The van der Waals surface area contributed by atoms with E-state index in [1.807, 2.05) is 0 Å². The van der Waals surface area contributed by atoms with E-state index in [1.165, 1.54) is 13.1 Å². The van der Waals surface area contributed by atoms with Crippen LogP contribution in [-0.2, 0) is 9.47 Å². The van der Waals surface area contributed by atoms with Gasteiger partial charge in [-0.1, -0.05) is 0 Å². The predicted octanol–water partition coefficient (Wildman–Crippen LogP) is -0.301. The average Bonchev–Trinajstić information content (AvgIpc) is 2.25. The Morgan fingerprint density at radius 1 is 1.00 bits per heavy atom. The normalized spacial score (nSPS) is 21.0. The summed E-state index contributed by atoms with van der Waals surface area (Å²) in [6.45, 7) is 8.57.